The maximum atomic E-state index is 13.0. The Kier molecular flexibility index (Phi) is 3.92. The Bertz CT molecular complexity index is 913. The molecule has 26 heavy (non-hydrogen) atoms. The number of carbonyl (C=O) groups is 3. The molecule has 1 heterocycles. The fraction of sp³-hybridized carbons (Fsp3) is 0.211. The molecule has 2 aliphatic rings. The Hall–Kier alpha value is -2.86. The third kappa shape index (κ3) is 2.63. The van der Waals surface area contributed by atoms with Crippen LogP contribution >= 0.6 is 11.6 Å². The standard InChI is InChI=1S/C19H16ClN3O3/c20-13-5-7-14(8-6-13)21-16(24)11-23-17(25)19(22-18(23)26)10-9-12-3-1-2-4-15(12)19/h1-8H,9-11H2,(H,21,24)(H,22,26)/t19-/m1/s1. The van der Waals surface area contributed by atoms with E-state index in [9.17, 15) is 14.4 Å². The first-order valence-corrected chi connectivity index (χ1v) is 8.65. The molecule has 132 valence electrons. The van der Waals surface area contributed by atoms with Gasteiger partial charge in [-0.15, -0.1) is 0 Å². The van der Waals surface area contributed by atoms with Crippen LogP contribution in [0.4, 0.5) is 10.5 Å². The van der Waals surface area contributed by atoms with E-state index in [0.29, 0.717) is 23.6 Å². The van der Waals surface area contributed by atoms with Gasteiger partial charge < -0.3 is 10.6 Å². The number of nitrogens with one attached hydrogen (secondary N) is 2. The molecule has 1 aliphatic heterocycles. The summed E-state index contributed by atoms with van der Waals surface area (Å²) in [4.78, 5) is 38.6. The van der Waals surface area contributed by atoms with Crippen molar-refractivity contribution in [1.29, 1.82) is 0 Å². The highest BCUT2D eigenvalue weighted by molar-refractivity contribution is 6.30. The van der Waals surface area contributed by atoms with Gasteiger partial charge in [0.25, 0.3) is 5.91 Å². The smallest absolute Gasteiger partial charge is 0.325 e. The molecule has 6 nitrogen and oxygen atoms in total. The molecule has 1 spiro atoms. The molecule has 1 atom stereocenters. The van der Waals surface area contributed by atoms with Crippen LogP contribution in [-0.2, 0) is 21.5 Å². The minimum atomic E-state index is -1.05. The normalized spacial score (nSPS) is 21.0. The zero-order valence-electron chi connectivity index (χ0n) is 13.8. The summed E-state index contributed by atoms with van der Waals surface area (Å²) >= 11 is 5.82. The van der Waals surface area contributed by atoms with Crippen LogP contribution in [0.5, 0.6) is 0 Å². The summed E-state index contributed by atoms with van der Waals surface area (Å²) in [5.41, 5.74) is 1.37. The number of fused-ring (bicyclic) bond motifs is 2. The molecule has 0 bridgehead atoms. The second-order valence-corrected chi connectivity index (χ2v) is 6.88. The van der Waals surface area contributed by atoms with E-state index in [1.165, 1.54) is 0 Å². The lowest BCUT2D eigenvalue weighted by molar-refractivity contribution is -0.134. The van der Waals surface area contributed by atoms with Gasteiger partial charge in [0, 0.05) is 10.7 Å². The van der Waals surface area contributed by atoms with Crippen molar-refractivity contribution in [3.05, 3.63) is 64.7 Å². The second kappa shape index (κ2) is 6.14. The van der Waals surface area contributed by atoms with E-state index in [0.717, 1.165) is 16.0 Å². The SMILES string of the molecule is O=C(CN1C(=O)N[C@@]2(CCc3ccccc32)C1=O)Nc1ccc(Cl)cc1. The van der Waals surface area contributed by atoms with Crippen LogP contribution in [0.3, 0.4) is 0 Å². The Balaban J connectivity index is 1.52. The first-order chi connectivity index (χ1) is 12.5. The maximum Gasteiger partial charge on any atom is 0.325 e. The average molecular weight is 370 g/mol. The molecule has 1 saturated heterocycles. The van der Waals surface area contributed by atoms with Gasteiger partial charge in [0.2, 0.25) is 5.91 Å². The van der Waals surface area contributed by atoms with E-state index in [2.05, 4.69) is 10.6 Å². The third-order valence-corrected chi connectivity index (χ3v) is 5.10. The summed E-state index contributed by atoms with van der Waals surface area (Å²) in [7, 11) is 0. The molecular formula is C19H16ClN3O3. The van der Waals surface area contributed by atoms with Crippen molar-refractivity contribution in [1.82, 2.24) is 10.2 Å². The number of benzene rings is 2. The fourth-order valence-electron chi connectivity index (χ4n) is 3.61. The van der Waals surface area contributed by atoms with Crippen molar-refractivity contribution in [3.63, 3.8) is 0 Å². The fourth-order valence-corrected chi connectivity index (χ4v) is 3.74. The summed E-state index contributed by atoms with van der Waals surface area (Å²) in [5.74, 6) is -0.821. The molecule has 2 aromatic carbocycles. The van der Waals surface area contributed by atoms with Gasteiger partial charge in [-0.25, -0.2) is 4.79 Å². The maximum absolute atomic E-state index is 13.0. The molecule has 7 heteroatoms. The predicted molar refractivity (Wildman–Crippen MR) is 96.8 cm³/mol. The van der Waals surface area contributed by atoms with E-state index < -0.39 is 17.5 Å². The molecule has 2 aromatic rings. The number of amides is 4. The summed E-state index contributed by atoms with van der Waals surface area (Å²) < 4.78 is 0. The zero-order chi connectivity index (χ0) is 18.3. The topological polar surface area (TPSA) is 78.5 Å². The molecular weight excluding hydrogens is 354 g/mol. The van der Waals surface area contributed by atoms with E-state index in [4.69, 9.17) is 11.6 Å². The molecule has 0 aromatic heterocycles. The van der Waals surface area contributed by atoms with Crippen molar-refractivity contribution in [2.75, 3.05) is 11.9 Å². The highest BCUT2D eigenvalue weighted by atomic mass is 35.5. The van der Waals surface area contributed by atoms with Crippen LogP contribution in [-0.4, -0.2) is 29.3 Å². The molecule has 1 aliphatic carbocycles. The molecule has 1 fully saturated rings. The van der Waals surface area contributed by atoms with Gasteiger partial charge in [0.15, 0.2) is 0 Å². The minimum Gasteiger partial charge on any atom is -0.325 e. The van der Waals surface area contributed by atoms with Gasteiger partial charge >= 0.3 is 6.03 Å². The minimum absolute atomic E-state index is 0.336. The Morgan fingerprint density at radius 3 is 2.65 bits per heavy atom. The Labute approximate surface area is 155 Å². The number of urea groups is 1. The van der Waals surface area contributed by atoms with Crippen LogP contribution in [0.1, 0.15) is 17.5 Å². The van der Waals surface area contributed by atoms with Gasteiger partial charge in [0.05, 0.1) is 0 Å². The van der Waals surface area contributed by atoms with E-state index >= 15 is 0 Å². The largest absolute Gasteiger partial charge is 0.325 e. The summed E-state index contributed by atoms with van der Waals surface area (Å²) in [6, 6.07) is 13.6. The van der Waals surface area contributed by atoms with Crippen molar-refractivity contribution < 1.29 is 14.4 Å². The van der Waals surface area contributed by atoms with Crippen LogP contribution in [0.15, 0.2) is 48.5 Å². The highest BCUT2D eigenvalue weighted by Gasteiger charge is 2.55. The number of rotatable bonds is 3. The van der Waals surface area contributed by atoms with Crippen molar-refractivity contribution in [3.8, 4) is 0 Å². The monoisotopic (exact) mass is 369 g/mol. The number of nitrogens with zero attached hydrogens (tertiary/aromatic N) is 1. The van der Waals surface area contributed by atoms with Crippen LogP contribution in [0.2, 0.25) is 5.02 Å². The lowest BCUT2D eigenvalue weighted by Gasteiger charge is -2.22. The summed E-state index contributed by atoms with van der Waals surface area (Å²) in [5, 5.41) is 6.02. The van der Waals surface area contributed by atoms with Gasteiger partial charge in [-0.05, 0) is 48.2 Å². The number of carbonyl (C=O) groups excluding carboxylic acids is 3. The highest BCUT2D eigenvalue weighted by Crippen LogP contribution is 2.41. The number of anilines is 1. The van der Waals surface area contributed by atoms with E-state index in [-0.39, 0.29) is 12.5 Å². The lowest BCUT2D eigenvalue weighted by Crippen LogP contribution is -2.42. The number of halogens is 1. The van der Waals surface area contributed by atoms with Gasteiger partial charge in [-0.3, -0.25) is 14.5 Å². The van der Waals surface area contributed by atoms with Crippen LogP contribution in [0, 0.1) is 0 Å². The summed E-state index contributed by atoms with van der Waals surface area (Å²) in [6.45, 7) is -0.336. The van der Waals surface area contributed by atoms with Crippen molar-refractivity contribution in [2.24, 2.45) is 0 Å². The average Bonchev–Trinajstić information content (AvgIpc) is 3.11. The first-order valence-electron chi connectivity index (χ1n) is 8.27. The van der Waals surface area contributed by atoms with Gasteiger partial charge in [-0.1, -0.05) is 35.9 Å². The molecule has 4 rings (SSSR count). The molecule has 0 unspecified atom stereocenters. The van der Waals surface area contributed by atoms with Gasteiger partial charge in [0.1, 0.15) is 12.1 Å². The lowest BCUT2D eigenvalue weighted by atomic mass is 9.92. The molecule has 0 radical (unpaired) electrons. The zero-order valence-corrected chi connectivity index (χ0v) is 14.5. The number of hydrogen-bond donors (Lipinski definition) is 2. The van der Waals surface area contributed by atoms with Gasteiger partial charge in [-0.2, -0.15) is 0 Å². The predicted octanol–water partition coefficient (Wildman–Crippen LogP) is 2.67. The second-order valence-electron chi connectivity index (χ2n) is 6.44. The molecule has 4 amide bonds. The first kappa shape index (κ1) is 16.6. The van der Waals surface area contributed by atoms with Crippen LogP contribution < -0.4 is 10.6 Å². The number of aryl methyl sites for hydroxylation is 1. The molecule has 2 N–H and O–H groups in total. The van der Waals surface area contributed by atoms with E-state index in [1.54, 1.807) is 24.3 Å². The van der Waals surface area contributed by atoms with E-state index in [1.807, 2.05) is 24.3 Å². The number of hydrogen-bond acceptors (Lipinski definition) is 3. The Morgan fingerprint density at radius 1 is 1.15 bits per heavy atom. The summed E-state index contributed by atoms with van der Waals surface area (Å²) in [6.07, 6.45) is 1.22. The van der Waals surface area contributed by atoms with Crippen molar-refractivity contribution in [2.45, 2.75) is 18.4 Å². The van der Waals surface area contributed by atoms with Crippen LogP contribution in [0.25, 0.3) is 0 Å². The molecule has 0 saturated carbocycles. The number of imide groups is 1. The third-order valence-electron chi connectivity index (χ3n) is 4.85. The Morgan fingerprint density at radius 2 is 1.88 bits per heavy atom. The quantitative estimate of drug-likeness (QED) is 0.816. The van der Waals surface area contributed by atoms with Crippen molar-refractivity contribution >= 4 is 35.1 Å².